The molecule has 0 radical (unpaired) electrons. The van der Waals surface area contributed by atoms with Crippen LogP contribution >= 0.6 is 0 Å². The number of nitro groups is 1. The molecule has 0 saturated heterocycles. The summed E-state index contributed by atoms with van der Waals surface area (Å²) in [5.74, 6) is 0. The maximum absolute atomic E-state index is 11.8. The molecular formula is C12H13N3O3. The first kappa shape index (κ1) is 12.1. The molecule has 0 aliphatic rings. The summed E-state index contributed by atoms with van der Waals surface area (Å²) in [5.41, 5.74) is 0.660. The molecule has 1 aromatic heterocycles. The molecule has 1 heterocycles. The molecule has 0 fully saturated rings. The highest BCUT2D eigenvalue weighted by molar-refractivity contribution is 5.51. The second-order valence-corrected chi connectivity index (χ2v) is 3.95. The molecule has 0 saturated carbocycles. The number of para-hydroxylation sites is 2. The van der Waals surface area contributed by atoms with Gasteiger partial charge < -0.3 is 0 Å². The van der Waals surface area contributed by atoms with E-state index < -0.39 is 4.92 Å². The highest BCUT2D eigenvalue weighted by Gasteiger charge is 2.16. The molecule has 2 aromatic rings. The molecule has 1 aromatic carbocycles. The standard InChI is InChI=1S/C12H13N3O3/c1-2-5-9-8-12(16)14(13-9)10-6-3-4-7-11(10)15(17)18/h3-4,6-8,13H,2,5H2,1H3. The zero-order valence-corrected chi connectivity index (χ0v) is 9.92. The van der Waals surface area contributed by atoms with Gasteiger partial charge in [0, 0.05) is 17.8 Å². The summed E-state index contributed by atoms with van der Waals surface area (Å²) in [4.78, 5) is 22.2. The molecular weight excluding hydrogens is 234 g/mol. The summed E-state index contributed by atoms with van der Waals surface area (Å²) in [6.07, 6.45) is 1.64. The van der Waals surface area contributed by atoms with Crippen molar-refractivity contribution in [2.24, 2.45) is 0 Å². The van der Waals surface area contributed by atoms with Crippen LogP contribution in [0.2, 0.25) is 0 Å². The van der Waals surface area contributed by atoms with Crippen LogP contribution < -0.4 is 5.56 Å². The Hall–Kier alpha value is -2.37. The van der Waals surface area contributed by atoms with Crippen molar-refractivity contribution in [3.63, 3.8) is 0 Å². The molecule has 0 amide bonds. The van der Waals surface area contributed by atoms with E-state index in [1.54, 1.807) is 18.2 Å². The van der Waals surface area contributed by atoms with Crippen LogP contribution in [0.15, 0.2) is 35.1 Å². The van der Waals surface area contributed by atoms with Crippen LogP contribution in [-0.4, -0.2) is 14.7 Å². The highest BCUT2D eigenvalue weighted by atomic mass is 16.6. The van der Waals surface area contributed by atoms with Crippen molar-refractivity contribution in [1.82, 2.24) is 9.78 Å². The van der Waals surface area contributed by atoms with Crippen molar-refractivity contribution in [2.75, 3.05) is 0 Å². The van der Waals surface area contributed by atoms with Crippen molar-refractivity contribution in [3.8, 4) is 5.69 Å². The number of H-pyrrole nitrogens is 1. The van der Waals surface area contributed by atoms with Gasteiger partial charge in [-0.2, -0.15) is 0 Å². The molecule has 0 spiro atoms. The molecule has 94 valence electrons. The second kappa shape index (κ2) is 4.87. The first-order chi connectivity index (χ1) is 8.63. The van der Waals surface area contributed by atoms with E-state index in [1.807, 2.05) is 6.92 Å². The van der Waals surface area contributed by atoms with Gasteiger partial charge in [0.05, 0.1) is 4.92 Å². The van der Waals surface area contributed by atoms with Gasteiger partial charge in [0.2, 0.25) is 0 Å². The third-order valence-corrected chi connectivity index (χ3v) is 2.61. The third-order valence-electron chi connectivity index (χ3n) is 2.61. The third kappa shape index (κ3) is 2.17. The van der Waals surface area contributed by atoms with E-state index in [2.05, 4.69) is 5.10 Å². The van der Waals surface area contributed by atoms with Crippen LogP contribution in [-0.2, 0) is 6.42 Å². The second-order valence-electron chi connectivity index (χ2n) is 3.95. The van der Waals surface area contributed by atoms with E-state index in [9.17, 15) is 14.9 Å². The smallest absolute Gasteiger partial charge is 0.294 e. The first-order valence-corrected chi connectivity index (χ1v) is 5.68. The summed E-state index contributed by atoms with van der Waals surface area (Å²) in [6, 6.07) is 7.63. The quantitative estimate of drug-likeness (QED) is 0.663. The molecule has 18 heavy (non-hydrogen) atoms. The minimum absolute atomic E-state index is 0.0931. The van der Waals surface area contributed by atoms with E-state index in [4.69, 9.17) is 0 Å². The Labute approximate surface area is 103 Å². The molecule has 1 N–H and O–H groups in total. The molecule has 0 bridgehead atoms. The predicted octanol–water partition coefficient (Wildman–Crippen LogP) is 2.03. The number of aromatic nitrogens is 2. The van der Waals surface area contributed by atoms with Gasteiger partial charge >= 0.3 is 0 Å². The molecule has 2 rings (SSSR count). The molecule has 6 nitrogen and oxygen atoms in total. The van der Waals surface area contributed by atoms with Crippen molar-refractivity contribution in [2.45, 2.75) is 19.8 Å². The first-order valence-electron chi connectivity index (χ1n) is 5.68. The number of hydrogen-bond donors (Lipinski definition) is 1. The lowest BCUT2D eigenvalue weighted by molar-refractivity contribution is -0.384. The number of aromatic amines is 1. The lowest BCUT2D eigenvalue weighted by Gasteiger charge is -2.02. The van der Waals surface area contributed by atoms with Gasteiger partial charge in [-0.15, -0.1) is 0 Å². The topological polar surface area (TPSA) is 80.9 Å². The summed E-state index contributed by atoms with van der Waals surface area (Å²) >= 11 is 0. The van der Waals surface area contributed by atoms with Gasteiger partial charge in [-0.25, -0.2) is 4.68 Å². The maximum atomic E-state index is 11.8. The summed E-state index contributed by atoms with van der Waals surface area (Å²) in [7, 11) is 0. The lowest BCUT2D eigenvalue weighted by atomic mass is 10.2. The van der Waals surface area contributed by atoms with E-state index >= 15 is 0 Å². The number of nitrogens with zero attached hydrogens (tertiary/aromatic N) is 2. The number of hydrogen-bond acceptors (Lipinski definition) is 3. The fourth-order valence-electron chi connectivity index (χ4n) is 1.83. The Morgan fingerprint density at radius 2 is 2.11 bits per heavy atom. The van der Waals surface area contributed by atoms with E-state index in [0.717, 1.165) is 18.5 Å². The van der Waals surface area contributed by atoms with Crippen molar-refractivity contribution < 1.29 is 4.92 Å². The SMILES string of the molecule is CCCc1cc(=O)n(-c2ccccc2[N+](=O)[O-])[nH]1. The van der Waals surface area contributed by atoms with Gasteiger partial charge in [-0.05, 0) is 12.5 Å². The fourth-order valence-corrected chi connectivity index (χ4v) is 1.83. The number of nitrogens with one attached hydrogen (secondary N) is 1. The van der Waals surface area contributed by atoms with Gasteiger partial charge in [0.15, 0.2) is 0 Å². The Morgan fingerprint density at radius 3 is 2.78 bits per heavy atom. The number of aryl methyl sites for hydroxylation is 1. The number of nitro benzene ring substituents is 1. The maximum Gasteiger partial charge on any atom is 0.294 e. The van der Waals surface area contributed by atoms with Crippen molar-refractivity contribution >= 4 is 5.69 Å². The summed E-state index contributed by atoms with van der Waals surface area (Å²) in [6.45, 7) is 2.00. The van der Waals surface area contributed by atoms with Crippen LogP contribution in [0.3, 0.4) is 0 Å². The van der Waals surface area contributed by atoms with Crippen LogP contribution in [0.4, 0.5) is 5.69 Å². The van der Waals surface area contributed by atoms with Crippen LogP contribution in [0.25, 0.3) is 5.69 Å². The number of rotatable bonds is 4. The normalized spacial score (nSPS) is 10.5. The summed E-state index contributed by atoms with van der Waals surface area (Å²) < 4.78 is 1.21. The lowest BCUT2D eigenvalue weighted by Crippen LogP contribution is -2.14. The molecule has 0 atom stereocenters. The number of benzene rings is 1. The van der Waals surface area contributed by atoms with Gasteiger partial charge in [0.25, 0.3) is 11.2 Å². The predicted molar refractivity (Wildman–Crippen MR) is 67.0 cm³/mol. The Bertz CT molecular complexity index is 627. The fraction of sp³-hybridized carbons (Fsp3) is 0.250. The Morgan fingerprint density at radius 1 is 1.39 bits per heavy atom. The van der Waals surface area contributed by atoms with Gasteiger partial charge in [-0.3, -0.25) is 20.0 Å². The van der Waals surface area contributed by atoms with Crippen LogP contribution in [0.5, 0.6) is 0 Å². The zero-order chi connectivity index (χ0) is 13.1. The molecule has 0 aliphatic carbocycles. The minimum atomic E-state index is -0.498. The Kier molecular flexibility index (Phi) is 3.27. The van der Waals surface area contributed by atoms with E-state index in [0.29, 0.717) is 0 Å². The molecule has 6 heteroatoms. The molecule has 0 unspecified atom stereocenters. The monoisotopic (exact) mass is 247 g/mol. The zero-order valence-electron chi connectivity index (χ0n) is 9.92. The average Bonchev–Trinajstić information content (AvgIpc) is 2.70. The van der Waals surface area contributed by atoms with Gasteiger partial charge in [0.1, 0.15) is 5.69 Å². The van der Waals surface area contributed by atoms with Crippen LogP contribution in [0.1, 0.15) is 19.0 Å². The van der Waals surface area contributed by atoms with Gasteiger partial charge in [-0.1, -0.05) is 25.5 Å². The van der Waals surface area contributed by atoms with Crippen molar-refractivity contribution in [3.05, 3.63) is 56.5 Å². The van der Waals surface area contributed by atoms with E-state index in [-0.39, 0.29) is 16.9 Å². The average molecular weight is 247 g/mol. The van der Waals surface area contributed by atoms with E-state index in [1.165, 1.54) is 16.8 Å². The Balaban J connectivity index is 2.55. The minimum Gasteiger partial charge on any atom is -0.295 e. The highest BCUT2D eigenvalue weighted by Crippen LogP contribution is 2.20. The summed E-state index contributed by atoms with van der Waals surface area (Å²) in [5, 5.41) is 13.8. The van der Waals surface area contributed by atoms with Crippen LogP contribution in [0, 0.1) is 10.1 Å². The largest absolute Gasteiger partial charge is 0.295 e. The van der Waals surface area contributed by atoms with Crippen molar-refractivity contribution in [1.29, 1.82) is 0 Å². The molecule has 0 aliphatic heterocycles.